The van der Waals surface area contributed by atoms with Gasteiger partial charge in [-0.05, 0) is 67.2 Å². The maximum Gasteiger partial charge on any atom is 0.115 e. The molecule has 0 amide bonds. The molecule has 0 saturated carbocycles. The third kappa shape index (κ3) is 2.92. The minimum atomic E-state index is 0.361. The number of aromatic hydroxyl groups is 1. The third-order valence-electron chi connectivity index (χ3n) is 6.83. The van der Waals surface area contributed by atoms with Crippen LogP contribution in [0.1, 0.15) is 35.4 Å². The molecule has 6 rings (SSSR count). The SMILES string of the molecule is N#Cc1cccc(CN2C[C@H](c3cccc(O)c3)[C@H]3[C@@H]2C2CCN3CC2)c1. The number of nitriles is 1. The highest BCUT2D eigenvalue weighted by molar-refractivity contribution is 5.35. The van der Waals surface area contributed by atoms with Crippen molar-refractivity contribution in [3.05, 3.63) is 65.2 Å². The lowest BCUT2D eigenvalue weighted by molar-refractivity contribution is -0.00869. The summed E-state index contributed by atoms with van der Waals surface area (Å²) in [5, 5.41) is 19.2. The number of phenolic OH excluding ortho intramolecular Hbond substituents is 1. The van der Waals surface area contributed by atoms with Gasteiger partial charge in [-0.3, -0.25) is 9.80 Å². The fourth-order valence-electron chi connectivity index (χ4n) is 5.74. The summed E-state index contributed by atoms with van der Waals surface area (Å²) in [5.41, 5.74) is 3.22. The molecule has 4 fully saturated rings. The van der Waals surface area contributed by atoms with Crippen LogP contribution in [0.25, 0.3) is 0 Å². The van der Waals surface area contributed by atoms with Gasteiger partial charge in [-0.2, -0.15) is 5.26 Å². The number of nitrogens with zero attached hydrogens (tertiary/aromatic N) is 3. The molecular formula is C23H25N3O. The van der Waals surface area contributed by atoms with E-state index in [0.717, 1.165) is 24.6 Å². The molecule has 0 unspecified atom stereocenters. The summed E-state index contributed by atoms with van der Waals surface area (Å²) in [5.74, 6) is 1.56. The van der Waals surface area contributed by atoms with E-state index in [2.05, 4.69) is 28.0 Å². The molecule has 138 valence electrons. The molecule has 4 nitrogen and oxygen atoms in total. The highest BCUT2D eigenvalue weighted by atomic mass is 16.3. The van der Waals surface area contributed by atoms with E-state index in [0.29, 0.717) is 23.8 Å². The Morgan fingerprint density at radius 2 is 1.85 bits per heavy atom. The highest BCUT2D eigenvalue weighted by Gasteiger charge is 2.53. The Balaban J connectivity index is 1.48. The van der Waals surface area contributed by atoms with Crippen molar-refractivity contribution < 1.29 is 5.11 Å². The number of benzene rings is 2. The van der Waals surface area contributed by atoms with Crippen molar-refractivity contribution in [2.24, 2.45) is 5.92 Å². The Bertz CT molecular complexity index is 881. The predicted molar refractivity (Wildman–Crippen MR) is 104 cm³/mol. The van der Waals surface area contributed by atoms with E-state index in [1.807, 2.05) is 30.3 Å². The highest BCUT2D eigenvalue weighted by Crippen LogP contribution is 2.47. The Morgan fingerprint density at radius 3 is 2.63 bits per heavy atom. The largest absolute Gasteiger partial charge is 0.508 e. The van der Waals surface area contributed by atoms with Crippen LogP contribution in [0.4, 0.5) is 0 Å². The van der Waals surface area contributed by atoms with Crippen molar-refractivity contribution in [1.82, 2.24) is 9.80 Å². The lowest BCUT2D eigenvalue weighted by atomic mass is 9.75. The molecule has 0 aliphatic carbocycles. The first kappa shape index (κ1) is 16.8. The molecule has 2 aromatic rings. The molecule has 2 aromatic carbocycles. The first-order valence-corrected chi connectivity index (χ1v) is 9.99. The average Bonchev–Trinajstić information content (AvgIpc) is 3.11. The van der Waals surface area contributed by atoms with Gasteiger partial charge in [0, 0.05) is 31.1 Å². The molecule has 4 heterocycles. The van der Waals surface area contributed by atoms with Gasteiger partial charge in [0.15, 0.2) is 0 Å². The molecular weight excluding hydrogens is 334 g/mol. The molecule has 3 atom stereocenters. The first-order chi connectivity index (χ1) is 13.2. The van der Waals surface area contributed by atoms with Crippen LogP contribution in [0.2, 0.25) is 0 Å². The molecule has 4 saturated heterocycles. The standard InChI is InChI=1S/C23H25N3O/c24-13-16-3-1-4-17(11-16)14-26-15-21(19-5-2-6-20(27)12-19)23-22(26)18-7-9-25(23)10-8-18/h1-6,11-12,18,21-23,27H,7-10,14-15H2/t21-,22+,23+/m1/s1. The van der Waals surface area contributed by atoms with Gasteiger partial charge in [-0.25, -0.2) is 0 Å². The number of hydrogen-bond donors (Lipinski definition) is 1. The van der Waals surface area contributed by atoms with Crippen LogP contribution in [0.5, 0.6) is 5.75 Å². The molecule has 4 aliphatic heterocycles. The van der Waals surface area contributed by atoms with Crippen molar-refractivity contribution in [3.8, 4) is 11.8 Å². The van der Waals surface area contributed by atoms with Crippen molar-refractivity contribution in [2.75, 3.05) is 19.6 Å². The normalized spacial score (nSPS) is 32.2. The summed E-state index contributed by atoms with van der Waals surface area (Å²) in [4.78, 5) is 5.33. The summed E-state index contributed by atoms with van der Waals surface area (Å²) >= 11 is 0. The topological polar surface area (TPSA) is 50.5 Å². The van der Waals surface area contributed by atoms with Crippen LogP contribution < -0.4 is 0 Å². The maximum absolute atomic E-state index is 10.0. The summed E-state index contributed by atoms with van der Waals surface area (Å²) in [6, 6.07) is 19.3. The molecule has 4 aliphatic rings. The lowest BCUT2D eigenvalue weighted by Crippen LogP contribution is -2.59. The zero-order valence-corrected chi connectivity index (χ0v) is 15.5. The Hall–Kier alpha value is -2.35. The maximum atomic E-state index is 10.0. The van der Waals surface area contributed by atoms with Gasteiger partial charge < -0.3 is 5.11 Å². The van der Waals surface area contributed by atoms with Crippen LogP contribution in [0.15, 0.2) is 48.5 Å². The zero-order chi connectivity index (χ0) is 18.4. The zero-order valence-electron chi connectivity index (χ0n) is 15.5. The fourth-order valence-corrected chi connectivity index (χ4v) is 5.74. The molecule has 0 radical (unpaired) electrons. The second-order valence-electron chi connectivity index (χ2n) is 8.30. The van der Waals surface area contributed by atoms with Crippen LogP contribution in [-0.4, -0.2) is 46.6 Å². The molecule has 2 bridgehead atoms. The Morgan fingerprint density at radius 1 is 1.04 bits per heavy atom. The van der Waals surface area contributed by atoms with Gasteiger partial charge in [-0.15, -0.1) is 0 Å². The number of likely N-dealkylation sites (tertiary alicyclic amines) is 1. The molecule has 4 heteroatoms. The van der Waals surface area contributed by atoms with Crippen LogP contribution in [-0.2, 0) is 6.54 Å². The average molecular weight is 359 g/mol. The fraction of sp³-hybridized carbons (Fsp3) is 0.435. The molecule has 0 aromatic heterocycles. The third-order valence-corrected chi connectivity index (χ3v) is 6.83. The lowest BCUT2D eigenvalue weighted by Gasteiger charge is -2.51. The van der Waals surface area contributed by atoms with Gasteiger partial charge in [0.1, 0.15) is 5.75 Å². The second-order valence-corrected chi connectivity index (χ2v) is 8.30. The number of rotatable bonds is 3. The quantitative estimate of drug-likeness (QED) is 0.913. The van der Waals surface area contributed by atoms with Gasteiger partial charge >= 0.3 is 0 Å². The van der Waals surface area contributed by atoms with E-state index in [-0.39, 0.29) is 0 Å². The summed E-state index contributed by atoms with van der Waals surface area (Å²) in [7, 11) is 0. The summed E-state index contributed by atoms with van der Waals surface area (Å²) in [6.07, 6.45) is 2.59. The van der Waals surface area contributed by atoms with Crippen LogP contribution >= 0.6 is 0 Å². The van der Waals surface area contributed by atoms with Crippen LogP contribution in [0.3, 0.4) is 0 Å². The monoisotopic (exact) mass is 359 g/mol. The van der Waals surface area contributed by atoms with E-state index >= 15 is 0 Å². The number of piperidine rings is 3. The van der Waals surface area contributed by atoms with Crippen LogP contribution in [0, 0.1) is 17.2 Å². The minimum absolute atomic E-state index is 0.361. The predicted octanol–water partition coefficient (Wildman–Crippen LogP) is 3.33. The second kappa shape index (κ2) is 6.67. The molecule has 27 heavy (non-hydrogen) atoms. The van der Waals surface area contributed by atoms with E-state index < -0.39 is 0 Å². The molecule has 1 N–H and O–H groups in total. The van der Waals surface area contributed by atoms with Gasteiger partial charge in [0.25, 0.3) is 0 Å². The van der Waals surface area contributed by atoms with E-state index in [1.165, 1.54) is 37.1 Å². The van der Waals surface area contributed by atoms with E-state index in [1.54, 1.807) is 6.07 Å². The molecule has 0 spiro atoms. The van der Waals surface area contributed by atoms with Gasteiger partial charge in [0.2, 0.25) is 0 Å². The Kier molecular flexibility index (Phi) is 4.15. The first-order valence-electron chi connectivity index (χ1n) is 9.99. The van der Waals surface area contributed by atoms with E-state index in [4.69, 9.17) is 0 Å². The van der Waals surface area contributed by atoms with E-state index in [9.17, 15) is 10.4 Å². The number of hydrogen-bond acceptors (Lipinski definition) is 4. The van der Waals surface area contributed by atoms with Crippen molar-refractivity contribution in [2.45, 2.75) is 37.4 Å². The summed E-state index contributed by atoms with van der Waals surface area (Å²) < 4.78 is 0. The number of fused-ring (bicyclic) bond motifs is 2. The van der Waals surface area contributed by atoms with Gasteiger partial charge in [0.05, 0.1) is 11.6 Å². The van der Waals surface area contributed by atoms with Gasteiger partial charge in [-0.1, -0.05) is 24.3 Å². The smallest absolute Gasteiger partial charge is 0.115 e. The van der Waals surface area contributed by atoms with Crippen molar-refractivity contribution >= 4 is 0 Å². The summed E-state index contributed by atoms with van der Waals surface area (Å²) in [6.45, 7) is 4.33. The van der Waals surface area contributed by atoms with Crippen molar-refractivity contribution in [3.63, 3.8) is 0 Å². The Labute approximate surface area is 160 Å². The number of phenols is 1. The minimum Gasteiger partial charge on any atom is -0.508 e. The van der Waals surface area contributed by atoms with Crippen molar-refractivity contribution in [1.29, 1.82) is 5.26 Å².